The molecule has 3 heteroatoms. The van der Waals surface area contributed by atoms with Gasteiger partial charge in [0.1, 0.15) is 6.04 Å². The third-order valence-electron chi connectivity index (χ3n) is 1.91. The summed E-state index contributed by atoms with van der Waals surface area (Å²) in [7, 11) is 1.67. The molecule has 0 aromatic heterocycles. The fourth-order valence-electron chi connectivity index (χ4n) is 0.807. The van der Waals surface area contributed by atoms with Gasteiger partial charge in [0.05, 0.1) is 6.07 Å². The molecule has 0 spiro atoms. The molecule has 68 valence electrons. The van der Waals surface area contributed by atoms with Crippen molar-refractivity contribution < 1.29 is 4.79 Å². The van der Waals surface area contributed by atoms with Crippen LogP contribution in [0.3, 0.4) is 0 Å². The molecule has 0 aromatic carbocycles. The minimum absolute atomic E-state index is 0.0610. The summed E-state index contributed by atoms with van der Waals surface area (Å²) in [5.41, 5.74) is 0. The van der Waals surface area contributed by atoms with E-state index in [0.29, 0.717) is 6.42 Å². The van der Waals surface area contributed by atoms with E-state index in [1.807, 2.05) is 13.0 Å². The molecule has 0 bridgehead atoms. The Morgan fingerprint density at radius 2 is 2.25 bits per heavy atom. The average Bonchev–Trinajstić information content (AvgIpc) is 2.11. The van der Waals surface area contributed by atoms with Gasteiger partial charge >= 0.3 is 0 Å². The van der Waals surface area contributed by atoms with Gasteiger partial charge in [0.2, 0.25) is 5.91 Å². The molecule has 0 heterocycles. The fourth-order valence-corrected chi connectivity index (χ4v) is 0.807. The van der Waals surface area contributed by atoms with Gasteiger partial charge in [-0.2, -0.15) is 5.26 Å². The SMILES string of the molecule is CCCCC(=O)N(C)C(C)C#N. The highest BCUT2D eigenvalue weighted by molar-refractivity contribution is 5.76. The monoisotopic (exact) mass is 168 g/mol. The quantitative estimate of drug-likeness (QED) is 0.639. The molecule has 12 heavy (non-hydrogen) atoms. The van der Waals surface area contributed by atoms with Crippen LogP contribution in [0.25, 0.3) is 0 Å². The van der Waals surface area contributed by atoms with Gasteiger partial charge < -0.3 is 4.90 Å². The first-order valence-corrected chi connectivity index (χ1v) is 4.28. The van der Waals surface area contributed by atoms with E-state index in [0.717, 1.165) is 12.8 Å². The molecule has 0 rings (SSSR count). The summed E-state index contributed by atoms with van der Waals surface area (Å²) >= 11 is 0. The second kappa shape index (κ2) is 5.59. The Morgan fingerprint density at radius 3 is 2.67 bits per heavy atom. The molecule has 0 saturated heterocycles. The third kappa shape index (κ3) is 3.38. The Hall–Kier alpha value is -1.04. The minimum Gasteiger partial charge on any atom is -0.330 e. The number of carbonyl (C=O) groups excluding carboxylic acids is 1. The highest BCUT2D eigenvalue weighted by Gasteiger charge is 2.13. The molecule has 0 fully saturated rings. The zero-order valence-corrected chi connectivity index (χ0v) is 8.00. The van der Waals surface area contributed by atoms with Gasteiger partial charge in [-0.1, -0.05) is 13.3 Å². The van der Waals surface area contributed by atoms with Crippen LogP contribution in [0.5, 0.6) is 0 Å². The number of nitrogens with zero attached hydrogens (tertiary/aromatic N) is 2. The number of carbonyl (C=O) groups is 1. The summed E-state index contributed by atoms with van der Waals surface area (Å²) in [6.07, 6.45) is 2.47. The Labute approximate surface area is 74.0 Å². The maximum absolute atomic E-state index is 11.3. The van der Waals surface area contributed by atoms with Gasteiger partial charge in [0, 0.05) is 13.5 Å². The van der Waals surface area contributed by atoms with Crippen molar-refractivity contribution in [2.45, 2.75) is 39.2 Å². The van der Waals surface area contributed by atoms with E-state index in [1.54, 1.807) is 14.0 Å². The van der Waals surface area contributed by atoms with Gasteiger partial charge in [-0.15, -0.1) is 0 Å². The van der Waals surface area contributed by atoms with Gasteiger partial charge in [-0.3, -0.25) is 4.79 Å². The molecule has 1 amide bonds. The molecule has 1 atom stereocenters. The average molecular weight is 168 g/mol. The Bertz CT molecular complexity index is 183. The molecule has 3 nitrogen and oxygen atoms in total. The normalized spacial score (nSPS) is 11.8. The second-order valence-corrected chi connectivity index (χ2v) is 2.91. The topological polar surface area (TPSA) is 44.1 Å². The van der Waals surface area contributed by atoms with Crippen molar-refractivity contribution in [2.24, 2.45) is 0 Å². The van der Waals surface area contributed by atoms with Gasteiger partial charge in [0.15, 0.2) is 0 Å². The zero-order valence-electron chi connectivity index (χ0n) is 8.00. The predicted octanol–water partition coefficient (Wildman–Crippen LogP) is 1.55. The number of hydrogen-bond donors (Lipinski definition) is 0. The van der Waals surface area contributed by atoms with E-state index in [-0.39, 0.29) is 11.9 Å². The Kier molecular flexibility index (Phi) is 5.11. The van der Waals surface area contributed by atoms with Crippen molar-refractivity contribution in [2.75, 3.05) is 7.05 Å². The summed E-state index contributed by atoms with van der Waals surface area (Å²) < 4.78 is 0. The Balaban J connectivity index is 3.86. The van der Waals surface area contributed by atoms with Gasteiger partial charge in [-0.25, -0.2) is 0 Å². The molecular weight excluding hydrogens is 152 g/mol. The van der Waals surface area contributed by atoms with Crippen molar-refractivity contribution >= 4 is 5.91 Å². The molecule has 0 aliphatic carbocycles. The molecule has 0 radical (unpaired) electrons. The lowest BCUT2D eigenvalue weighted by atomic mass is 10.2. The van der Waals surface area contributed by atoms with E-state index in [4.69, 9.17) is 5.26 Å². The molecule has 1 unspecified atom stereocenters. The van der Waals surface area contributed by atoms with Crippen LogP contribution in [0.1, 0.15) is 33.1 Å². The van der Waals surface area contributed by atoms with Gasteiger partial charge in [0.25, 0.3) is 0 Å². The highest BCUT2D eigenvalue weighted by atomic mass is 16.2. The van der Waals surface area contributed by atoms with Crippen molar-refractivity contribution in [3.8, 4) is 6.07 Å². The number of nitriles is 1. The molecule has 0 aliphatic heterocycles. The van der Waals surface area contributed by atoms with Crippen LogP contribution < -0.4 is 0 Å². The van der Waals surface area contributed by atoms with Crippen molar-refractivity contribution in [1.82, 2.24) is 4.90 Å². The van der Waals surface area contributed by atoms with E-state index in [1.165, 1.54) is 4.90 Å². The second-order valence-electron chi connectivity index (χ2n) is 2.91. The van der Waals surface area contributed by atoms with Crippen LogP contribution >= 0.6 is 0 Å². The summed E-state index contributed by atoms with van der Waals surface area (Å²) in [5.74, 6) is 0.0610. The van der Waals surface area contributed by atoms with Crippen LogP contribution in [0.2, 0.25) is 0 Å². The van der Waals surface area contributed by atoms with Crippen LogP contribution in [0, 0.1) is 11.3 Å². The molecule has 0 aliphatic rings. The fraction of sp³-hybridized carbons (Fsp3) is 0.778. The van der Waals surface area contributed by atoms with Crippen molar-refractivity contribution in [3.63, 3.8) is 0 Å². The van der Waals surface area contributed by atoms with Crippen LogP contribution in [0.15, 0.2) is 0 Å². The summed E-state index contributed by atoms with van der Waals surface area (Å²) in [6.45, 7) is 3.77. The maximum atomic E-state index is 11.3. The van der Waals surface area contributed by atoms with Crippen LogP contribution in [-0.4, -0.2) is 23.9 Å². The number of unbranched alkanes of at least 4 members (excludes halogenated alkanes) is 1. The largest absolute Gasteiger partial charge is 0.330 e. The summed E-state index contributed by atoms with van der Waals surface area (Å²) in [6, 6.07) is 1.72. The highest BCUT2D eigenvalue weighted by Crippen LogP contribution is 2.01. The lowest BCUT2D eigenvalue weighted by molar-refractivity contribution is -0.130. The first-order chi connectivity index (χ1) is 5.63. The molecule has 0 aromatic rings. The van der Waals surface area contributed by atoms with E-state index < -0.39 is 0 Å². The van der Waals surface area contributed by atoms with E-state index in [9.17, 15) is 4.79 Å². The lowest BCUT2D eigenvalue weighted by Crippen LogP contribution is -2.33. The third-order valence-corrected chi connectivity index (χ3v) is 1.91. The van der Waals surface area contributed by atoms with Gasteiger partial charge in [-0.05, 0) is 13.3 Å². The van der Waals surface area contributed by atoms with Crippen LogP contribution in [-0.2, 0) is 4.79 Å². The minimum atomic E-state index is -0.311. The summed E-state index contributed by atoms with van der Waals surface area (Å²) in [5, 5.41) is 8.54. The van der Waals surface area contributed by atoms with Crippen molar-refractivity contribution in [1.29, 1.82) is 5.26 Å². The molecular formula is C9H16N2O. The zero-order chi connectivity index (χ0) is 9.56. The molecule has 0 N–H and O–H groups in total. The lowest BCUT2D eigenvalue weighted by Gasteiger charge is -2.18. The summed E-state index contributed by atoms with van der Waals surface area (Å²) in [4.78, 5) is 12.8. The maximum Gasteiger partial charge on any atom is 0.223 e. The van der Waals surface area contributed by atoms with E-state index >= 15 is 0 Å². The number of amides is 1. The Morgan fingerprint density at radius 1 is 1.67 bits per heavy atom. The predicted molar refractivity (Wildman–Crippen MR) is 47.4 cm³/mol. The first-order valence-electron chi connectivity index (χ1n) is 4.28. The van der Waals surface area contributed by atoms with Crippen LogP contribution in [0.4, 0.5) is 0 Å². The van der Waals surface area contributed by atoms with E-state index in [2.05, 4.69) is 0 Å². The smallest absolute Gasteiger partial charge is 0.223 e. The standard InChI is InChI=1S/C9H16N2O/c1-4-5-6-9(12)11(3)8(2)7-10/h8H,4-6H2,1-3H3. The molecule has 0 saturated carbocycles. The van der Waals surface area contributed by atoms with Crippen molar-refractivity contribution in [3.05, 3.63) is 0 Å². The first kappa shape index (κ1) is 11.0. The number of rotatable bonds is 4. The number of hydrogen-bond acceptors (Lipinski definition) is 2.